The van der Waals surface area contributed by atoms with Crippen LogP contribution in [0.15, 0.2) is 18.2 Å². The third-order valence-corrected chi connectivity index (χ3v) is 4.06. The zero-order valence-electron chi connectivity index (χ0n) is 11.8. The molecular weight excluding hydrogens is 236 g/mol. The number of nitrogens with one attached hydrogen (secondary N) is 2. The second-order valence-corrected chi connectivity index (χ2v) is 5.46. The minimum atomic E-state index is 0.451. The van der Waals surface area contributed by atoms with Crippen LogP contribution >= 0.6 is 0 Å². The number of benzene rings is 1. The Labute approximate surface area is 114 Å². The molecule has 1 aromatic carbocycles. The van der Waals surface area contributed by atoms with Crippen molar-refractivity contribution in [2.24, 2.45) is 0 Å². The highest BCUT2D eigenvalue weighted by Crippen LogP contribution is 2.34. The quantitative estimate of drug-likeness (QED) is 0.827. The Bertz CT molecular complexity index is 573. The number of rotatable bonds is 4. The average molecular weight is 258 g/mol. The van der Waals surface area contributed by atoms with Gasteiger partial charge in [0.05, 0.1) is 6.61 Å². The van der Waals surface area contributed by atoms with Crippen LogP contribution < -0.4 is 5.32 Å². The standard InChI is InChI=1S/C16H22N2O/c1-11-6-7-14-13(10-11)12-4-3-5-15(16(12)18-14)17-8-9-19-2/h6-7,10,15,17-18H,3-5,8-9H2,1-2H3/t15-/m1/s1. The molecule has 19 heavy (non-hydrogen) atoms. The summed E-state index contributed by atoms with van der Waals surface area (Å²) in [5, 5.41) is 5.01. The van der Waals surface area contributed by atoms with Gasteiger partial charge in [-0.05, 0) is 43.9 Å². The predicted molar refractivity (Wildman–Crippen MR) is 78.6 cm³/mol. The largest absolute Gasteiger partial charge is 0.383 e. The van der Waals surface area contributed by atoms with Crippen LogP contribution in [0.25, 0.3) is 10.9 Å². The molecule has 3 nitrogen and oxygen atoms in total. The molecule has 0 saturated heterocycles. The Kier molecular flexibility index (Phi) is 3.58. The van der Waals surface area contributed by atoms with Crippen molar-refractivity contribution >= 4 is 10.9 Å². The molecule has 1 aliphatic rings. The minimum absolute atomic E-state index is 0.451. The lowest BCUT2D eigenvalue weighted by molar-refractivity contribution is 0.194. The van der Waals surface area contributed by atoms with Gasteiger partial charge in [0.15, 0.2) is 0 Å². The van der Waals surface area contributed by atoms with Crippen LogP contribution in [0.5, 0.6) is 0 Å². The van der Waals surface area contributed by atoms with E-state index in [2.05, 4.69) is 35.4 Å². The van der Waals surface area contributed by atoms with Crippen LogP contribution in [0.2, 0.25) is 0 Å². The molecule has 0 unspecified atom stereocenters. The zero-order valence-corrected chi connectivity index (χ0v) is 11.8. The number of aromatic amines is 1. The lowest BCUT2D eigenvalue weighted by Gasteiger charge is -2.23. The monoisotopic (exact) mass is 258 g/mol. The van der Waals surface area contributed by atoms with Gasteiger partial charge < -0.3 is 15.0 Å². The lowest BCUT2D eigenvalue weighted by Crippen LogP contribution is -2.28. The molecule has 0 amide bonds. The summed E-state index contributed by atoms with van der Waals surface area (Å²) in [7, 11) is 1.75. The Balaban J connectivity index is 1.93. The number of methoxy groups -OCH3 is 1. The zero-order chi connectivity index (χ0) is 13.2. The minimum Gasteiger partial charge on any atom is -0.383 e. The summed E-state index contributed by atoms with van der Waals surface area (Å²) in [5.74, 6) is 0. The fourth-order valence-corrected chi connectivity index (χ4v) is 3.12. The molecule has 1 aromatic heterocycles. The van der Waals surface area contributed by atoms with Crippen molar-refractivity contribution in [3.63, 3.8) is 0 Å². The van der Waals surface area contributed by atoms with Crippen LogP contribution in [0.1, 0.15) is 35.7 Å². The van der Waals surface area contributed by atoms with Gasteiger partial charge in [0.1, 0.15) is 0 Å². The van der Waals surface area contributed by atoms with E-state index in [9.17, 15) is 0 Å². The van der Waals surface area contributed by atoms with E-state index in [1.165, 1.54) is 47.0 Å². The second kappa shape index (κ2) is 5.35. The van der Waals surface area contributed by atoms with Gasteiger partial charge in [-0.25, -0.2) is 0 Å². The smallest absolute Gasteiger partial charge is 0.0587 e. The van der Waals surface area contributed by atoms with Crippen LogP contribution in [-0.4, -0.2) is 25.2 Å². The molecule has 1 heterocycles. The van der Waals surface area contributed by atoms with Crippen molar-refractivity contribution in [2.45, 2.75) is 32.2 Å². The second-order valence-electron chi connectivity index (χ2n) is 5.46. The summed E-state index contributed by atoms with van der Waals surface area (Å²) in [6.07, 6.45) is 3.67. The number of hydrogen-bond donors (Lipinski definition) is 2. The van der Waals surface area contributed by atoms with Crippen molar-refractivity contribution in [3.05, 3.63) is 35.0 Å². The van der Waals surface area contributed by atoms with E-state index in [0.717, 1.165) is 13.2 Å². The van der Waals surface area contributed by atoms with Crippen LogP contribution in [0, 0.1) is 6.92 Å². The molecular formula is C16H22N2O. The van der Waals surface area contributed by atoms with Gasteiger partial charge in [-0.3, -0.25) is 0 Å². The Morgan fingerprint density at radius 2 is 2.32 bits per heavy atom. The Morgan fingerprint density at radius 1 is 1.42 bits per heavy atom. The van der Waals surface area contributed by atoms with Crippen molar-refractivity contribution in [2.75, 3.05) is 20.3 Å². The maximum atomic E-state index is 5.12. The lowest BCUT2D eigenvalue weighted by atomic mass is 9.91. The van der Waals surface area contributed by atoms with Crippen LogP contribution in [0.3, 0.4) is 0 Å². The van der Waals surface area contributed by atoms with Crippen LogP contribution in [-0.2, 0) is 11.2 Å². The first-order chi connectivity index (χ1) is 9.29. The van der Waals surface area contributed by atoms with Gasteiger partial charge in [0, 0.05) is 36.3 Å². The molecule has 0 spiro atoms. The molecule has 102 valence electrons. The molecule has 2 N–H and O–H groups in total. The van der Waals surface area contributed by atoms with E-state index in [0.29, 0.717) is 6.04 Å². The first-order valence-electron chi connectivity index (χ1n) is 7.13. The summed E-state index contributed by atoms with van der Waals surface area (Å²) < 4.78 is 5.12. The van der Waals surface area contributed by atoms with E-state index >= 15 is 0 Å². The number of fused-ring (bicyclic) bond motifs is 3. The molecule has 0 bridgehead atoms. The van der Waals surface area contributed by atoms with Gasteiger partial charge in [0.2, 0.25) is 0 Å². The van der Waals surface area contributed by atoms with Crippen molar-refractivity contribution in [1.82, 2.24) is 10.3 Å². The normalized spacial score (nSPS) is 18.7. The molecule has 0 saturated carbocycles. The maximum absolute atomic E-state index is 5.12. The SMILES string of the molecule is COCCN[C@@H]1CCCc2c1[nH]c1ccc(C)cc21. The number of H-pyrrole nitrogens is 1. The first kappa shape index (κ1) is 12.7. The molecule has 2 aromatic rings. The van der Waals surface area contributed by atoms with Crippen molar-refractivity contribution in [3.8, 4) is 0 Å². The van der Waals surface area contributed by atoms with E-state index < -0.39 is 0 Å². The van der Waals surface area contributed by atoms with Gasteiger partial charge >= 0.3 is 0 Å². The molecule has 0 radical (unpaired) electrons. The summed E-state index contributed by atoms with van der Waals surface area (Å²) in [6.45, 7) is 3.84. The molecule has 1 atom stereocenters. The van der Waals surface area contributed by atoms with Crippen molar-refractivity contribution < 1.29 is 4.74 Å². The number of aryl methyl sites for hydroxylation is 2. The summed E-state index contributed by atoms with van der Waals surface area (Å²) >= 11 is 0. The fourth-order valence-electron chi connectivity index (χ4n) is 3.12. The molecule has 0 aliphatic heterocycles. The number of aromatic nitrogens is 1. The first-order valence-corrected chi connectivity index (χ1v) is 7.13. The molecule has 3 heteroatoms. The highest BCUT2D eigenvalue weighted by molar-refractivity contribution is 5.85. The Hall–Kier alpha value is -1.32. The van der Waals surface area contributed by atoms with E-state index in [1.807, 2.05) is 0 Å². The highest BCUT2D eigenvalue weighted by atomic mass is 16.5. The molecule has 1 aliphatic carbocycles. The third kappa shape index (κ3) is 2.40. The van der Waals surface area contributed by atoms with Gasteiger partial charge in [0.25, 0.3) is 0 Å². The average Bonchev–Trinajstić information content (AvgIpc) is 2.78. The maximum Gasteiger partial charge on any atom is 0.0587 e. The van der Waals surface area contributed by atoms with Gasteiger partial charge in [-0.2, -0.15) is 0 Å². The fraction of sp³-hybridized carbons (Fsp3) is 0.500. The topological polar surface area (TPSA) is 37.0 Å². The number of hydrogen-bond acceptors (Lipinski definition) is 2. The third-order valence-electron chi connectivity index (χ3n) is 4.06. The van der Waals surface area contributed by atoms with Crippen LogP contribution in [0.4, 0.5) is 0 Å². The summed E-state index contributed by atoms with van der Waals surface area (Å²) in [5.41, 5.74) is 5.52. The highest BCUT2D eigenvalue weighted by Gasteiger charge is 2.23. The summed E-state index contributed by atoms with van der Waals surface area (Å²) in [6, 6.07) is 7.14. The summed E-state index contributed by atoms with van der Waals surface area (Å²) in [4.78, 5) is 3.62. The van der Waals surface area contributed by atoms with Gasteiger partial charge in [-0.1, -0.05) is 11.6 Å². The Morgan fingerprint density at radius 3 is 3.16 bits per heavy atom. The van der Waals surface area contributed by atoms with Gasteiger partial charge in [-0.15, -0.1) is 0 Å². The van der Waals surface area contributed by atoms with Crippen molar-refractivity contribution in [1.29, 1.82) is 0 Å². The van der Waals surface area contributed by atoms with E-state index in [1.54, 1.807) is 7.11 Å². The van der Waals surface area contributed by atoms with E-state index in [-0.39, 0.29) is 0 Å². The van der Waals surface area contributed by atoms with E-state index in [4.69, 9.17) is 4.74 Å². The number of ether oxygens (including phenoxy) is 1. The molecule has 0 fully saturated rings. The molecule has 3 rings (SSSR count). The predicted octanol–water partition coefficient (Wildman–Crippen LogP) is 3.09.